The van der Waals surface area contributed by atoms with Gasteiger partial charge in [0.05, 0.1) is 32.1 Å². The van der Waals surface area contributed by atoms with Crippen LogP contribution in [-0.2, 0) is 88.8 Å². The van der Waals surface area contributed by atoms with E-state index in [-0.39, 0.29) is 61.6 Å². The quantitative estimate of drug-likeness (QED) is 0.170. The normalized spacial score (nSPS) is 19.3. The van der Waals surface area contributed by atoms with E-state index in [1.807, 2.05) is 0 Å². The van der Waals surface area contributed by atoms with Crippen LogP contribution in [0, 0.1) is 0 Å². The van der Waals surface area contributed by atoms with Gasteiger partial charge in [-0.1, -0.05) is 0 Å². The topological polar surface area (TPSA) is 146 Å². The number of carbonyl (C=O) groups excluding carboxylic acids is 5. The lowest BCUT2D eigenvalue weighted by atomic mass is 9.78. The van der Waals surface area contributed by atoms with Gasteiger partial charge in [0.2, 0.25) is 29.5 Å². The van der Waals surface area contributed by atoms with E-state index in [1.165, 1.54) is 0 Å². The maximum absolute atomic E-state index is 13.1. The highest BCUT2D eigenvalue weighted by molar-refractivity contribution is 6.48. The molecule has 0 saturated heterocycles. The van der Waals surface area contributed by atoms with Crippen molar-refractivity contribution in [1.82, 2.24) is 26.6 Å². The monoisotopic (exact) mass is 595 g/mol. The molecule has 0 bridgehead atoms. The Morgan fingerprint density at radius 3 is 0.600 bits per heavy atom. The largest absolute Gasteiger partial charge is 0.352 e. The fourth-order valence-electron chi connectivity index (χ4n) is 9.80. The Bertz CT molecular complexity index is 2080. The van der Waals surface area contributed by atoms with Gasteiger partial charge in [0.15, 0.2) is 0 Å². The van der Waals surface area contributed by atoms with Crippen molar-refractivity contribution in [3.63, 3.8) is 0 Å². The van der Waals surface area contributed by atoms with Gasteiger partial charge in [0, 0.05) is 32.7 Å². The Morgan fingerprint density at radius 1 is 0.244 bits per heavy atom. The molecule has 5 amide bonds. The van der Waals surface area contributed by atoms with Gasteiger partial charge in [-0.3, -0.25) is 24.0 Å². The van der Waals surface area contributed by atoms with Crippen molar-refractivity contribution in [2.45, 2.75) is 64.8 Å². The minimum Gasteiger partial charge on any atom is -0.352 e. The predicted octanol–water partition coefficient (Wildman–Crippen LogP) is 1.63. The van der Waals surface area contributed by atoms with E-state index < -0.39 is 0 Å². The first-order valence-electron chi connectivity index (χ1n) is 15.6. The number of benzene rings is 5. The molecule has 45 heavy (non-hydrogen) atoms. The molecule has 0 radical (unpaired) electrons. The van der Waals surface area contributed by atoms with Crippen molar-refractivity contribution in [3.05, 3.63) is 55.6 Å². The van der Waals surface area contributed by atoms with Crippen LogP contribution in [0.3, 0.4) is 0 Å². The number of nitrogens with one attached hydrogen (secondary N) is 5. The lowest BCUT2D eigenvalue weighted by molar-refractivity contribution is -0.121. The van der Waals surface area contributed by atoms with Crippen molar-refractivity contribution < 1.29 is 24.0 Å². The summed E-state index contributed by atoms with van der Waals surface area (Å²) in [4.78, 5) is 65.3. The lowest BCUT2D eigenvalue weighted by Gasteiger charge is -2.30. The standard InChI is InChI=1S/C35H25N5O5/c41-21-1-11-16(6-36-21)27-13-3-23(43)38-8-18(13)29-15-5-25(45)40-10-20(15)30-14-4-24(44)39-9-19(14)28-12-2-22(42)37-7-17(12)26(11)31-32(27)34(29)35(30)33(28)31/h1-10H2,(H,36,41)(H,37,42)(H,38,43)(H,39,44)(H,40,45). The average molecular weight is 596 g/mol. The smallest absolute Gasteiger partial charge is 0.224 e. The van der Waals surface area contributed by atoms with Crippen LogP contribution in [0.5, 0.6) is 0 Å². The molecule has 0 fully saturated rings. The summed E-state index contributed by atoms with van der Waals surface area (Å²) in [5.74, 6) is -0.210. The highest BCUT2D eigenvalue weighted by atomic mass is 16.2. The molecule has 5 aliphatic heterocycles. The number of carbonyl (C=O) groups is 5. The van der Waals surface area contributed by atoms with Crippen LogP contribution in [0.25, 0.3) is 53.9 Å². The molecule has 10 nitrogen and oxygen atoms in total. The maximum Gasteiger partial charge on any atom is 0.224 e. The zero-order valence-electron chi connectivity index (χ0n) is 24.1. The van der Waals surface area contributed by atoms with Crippen LogP contribution in [0.15, 0.2) is 0 Å². The summed E-state index contributed by atoms with van der Waals surface area (Å²) in [6, 6.07) is 0. The molecule has 0 saturated carbocycles. The van der Waals surface area contributed by atoms with E-state index in [2.05, 4.69) is 26.6 Å². The van der Waals surface area contributed by atoms with Crippen LogP contribution >= 0.6 is 0 Å². The SMILES string of the molecule is O=C1Cc2c(c3c4c(c5c6c(c7c8c(c9c%10c(c2c2c3c5c7c92)CNC(=O)C%10)CNC(=O)C8)CNC(=O)C6)CNC(=O)C4)CN1. The fourth-order valence-corrected chi connectivity index (χ4v) is 9.80. The maximum atomic E-state index is 13.1. The second-order valence-corrected chi connectivity index (χ2v) is 13.3. The summed E-state index contributed by atoms with van der Waals surface area (Å²) in [7, 11) is 0. The molecular weight excluding hydrogens is 570 g/mol. The second kappa shape index (κ2) is 7.69. The molecule has 10 heteroatoms. The summed E-state index contributed by atoms with van der Waals surface area (Å²) in [6.07, 6.45) is 1.12. The first-order valence-corrected chi connectivity index (χ1v) is 15.6. The second-order valence-electron chi connectivity index (χ2n) is 13.3. The van der Waals surface area contributed by atoms with E-state index in [9.17, 15) is 24.0 Å². The van der Waals surface area contributed by atoms with Crippen molar-refractivity contribution in [1.29, 1.82) is 0 Å². The zero-order chi connectivity index (χ0) is 30.0. The predicted molar refractivity (Wildman–Crippen MR) is 165 cm³/mol. The third-order valence-electron chi connectivity index (χ3n) is 11.3. The lowest BCUT2D eigenvalue weighted by Crippen LogP contribution is -2.34. The van der Waals surface area contributed by atoms with Gasteiger partial charge < -0.3 is 26.6 Å². The van der Waals surface area contributed by atoms with Crippen molar-refractivity contribution in [3.8, 4) is 0 Å². The highest BCUT2D eigenvalue weighted by Crippen LogP contribution is 2.58. The van der Waals surface area contributed by atoms with Gasteiger partial charge in [0.1, 0.15) is 0 Å². The van der Waals surface area contributed by atoms with Gasteiger partial charge >= 0.3 is 0 Å². The highest BCUT2D eigenvalue weighted by Gasteiger charge is 2.40. The van der Waals surface area contributed by atoms with Crippen LogP contribution in [0.4, 0.5) is 0 Å². The van der Waals surface area contributed by atoms with E-state index in [0.29, 0.717) is 32.7 Å². The van der Waals surface area contributed by atoms with Crippen LogP contribution in [0.2, 0.25) is 0 Å². The van der Waals surface area contributed by atoms with E-state index >= 15 is 0 Å². The number of fused-ring (bicyclic) bond motifs is 15. The van der Waals surface area contributed by atoms with E-state index in [4.69, 9.17) is 0 Å². The molecule has 220 valence electrons. The van der Waals surface area contributed by atoms with E-state index in [0.717, 1.165) is 109 Å². The molecule has 6 aromatic carbocycles. The molecule has 6 aromatic rings. The summed E-state index contributed by atoms with van der Waals surface area (Å²) in [5.41, 5.74) is 10.1. The van der Waals surface area contributed by atoms with Crippen LogP contribution in [-0.4, -0.2) is 29.5 Å². The Hall–Kier alpha value is -5.25. The molecule has 5 aliphatic rings. The first kappa shape index (κ1) is 24.1. The number of hydrogen-bond acceptors (Lipinski definition) is 5. The van der Waals surface area contributed by atoms with Crippen molar-refractivity contribution >= 4 is 83.4 Å². The van der Waals surface area contributed by atoms with Crippen molar-refractivity contribution in [2.75, 3.05) is 0 Å². The summed E-state index contributed by atoms with van der Waals surface area (Å²) in [5, 5.41) is 26.1. The van der Waals surface area contributed by atoms with Crippen LogP contribution in [0.1, 0.15) is 55.6 Å². The molecule has 0 unspecified atom stereocenters. The zero-order valence-corrected chi connectivity index (χ0v) is 24.1. The molecule has 5 N–H and O–H groups in total. The first-order chi connectivity index (χ1) is 21.9. The fraction of sp³-hybridized carbons (Fsp3) is 0.286. The molecule has 0 aromatic heterocycles. The van der Waals surface area contributed by atoms with Gasteiger partial charge in [-0.05, 0) is 109 Å². The van der Waals surface area contributed by atoms with Gasteiger partial charge in [-0.2, -0.15) is 0 Å². The average Bonchev–Trinajstić information content (AvgIpc) is 3.36. The minimum atomic E-state index is -0.0420. The Kier molecular flexibility index (Phi) is 4.12. The molecule has 0 aliphatic carbocycles. The Balaban J connectivity index is 1.53. The Morgan fingerprint density at radius 2 is 0.422 bits per heavy atom. The molecule has 0 spiro atoms. The molecule has 0 atom stereocenters. The van der Waals surface area contributed by atoms with Crippen LogP contribution < -0.4 is 26.6 Å². The molecular formula is C35H25N5O5. The number of rotatable bonds is 0. The number of amides is 5. The van der Waals surface area contributed by atoms with Gasteiger partial charge in [0.25, 0.3) is 0 Å². The summed E-state index contributed by atoms with van der Waals surface area (Å²) < 4.78 is 0. The van der Waals surface area contributed by atoms with Crippen molar-refractivity contribution in [2.24, 2.45) is 0 Å². The van der Waals surface area contributed by atoms with Gasteiger partial charge in [-0.15, -0.1) is 0 Å². The molecule has 11 rings (SSSR count). The van der Waals surface area contributed by atoms with Gasteiger partial charge in [-0.25, -0.2) is 0 Å². The minimum absolute atomic E-state index is 0.0420. The summed E-state index contributed by atoms with van der Waals surface area (Å²) in [6.45, 7) is 1.81. The number of hydrogen-bond donors (Lipinski definition) is 5. The third-order valence-corrected chi connectivity index (χ3v) is 11.3. The molecule has 5 heterocycles. The van der Waals surface area contributed by atoms with E-state index in [1.54, 1.807) is 0 Å². The third kappa shape index (κ3) is 2.68. The Labute approximate surface area is 254 Å². The summed E-state index contributed by atoms with van der Waals surface area (Å²) >= 11 is 0.